The van der Waals surface area contributed by atoms with Crippen LogP contribution < -0.4 is 10.6 Å². The molecule has 1 atom stereocenters. The summed E-state index contributed by atoms with van der Waals surface area (Å²) in [4.78, 5) is 23.2. The Balaban J connectivity index is 1.91. The molecule has 6 heteroatoms. The van der Waals surface area contributed by atoms with Crippen LogP contribution >= 0.6 is 0 Å². The van der Waals surface area contributed by atoms with E-state index in [0.717, 1.165) is 5.56 Å². The highest BCUT2D eigenvalue weighted by Gasteiger charge is 2.21. The van der Waals surface area contributed by atoms with Crippen molar-refractivity contribution in [3.05, 3.63) is 54.0 Å². The van der Waals surface area contributed by atoms with Crippen molar-refractivity contribution in [2.24, 2.45) is 0 Å². The SMILES string of the molecule is Cc1ccccc1NC(=O)C[C@H](NCc1ccco1)C(=O)O. The van der Waals surface area contributed by atoms with Crippen LogP contribution in [-0.4, -0.2) is 23.0 Å². The van der Waals surface area contributed by atoms with Gasteiger partial charge in [0.25, 0.3) is 0 Å². The second-order valence-electron chi connectivity index (χ2n) is 4.92. The first-order valence-corrected chi connectivity index (χ1v) is 6.90. The van der Waals surface area contributed by atoms with Crippen molar-refractivity contribution in [3.8, 4) is 0 Å². The molecule has 116 valence electrons. The number of carbonyl (C=O) groups excluding carboxylic acids is 1. The molecule has 2 rings (SSSR count). The highest BCUT2D eigenvalue weighted by atomic mass is 16.4. The number of carboxylic acid groups (broad SMARTS) is 1. The van der Waals surface area contributed by atoms with Gasteiger partial charge in [0.1, 0.15) is 11.8 Å². The van der Waals surface area contributed by atoms with E-state index in [4.69, 9.17) is 4.42 Å². The molecule has 1 heterocycles. The lowest BCUT2D eigenvalue weighted by Crippen LogP contribution is -2.39. The van der Waals surface area contributed by atoms with Gasteiger partial charge in [-0.1, -0.05) is 18.2 Å². The van der Waals surface area contributed by atoms with E-state index < -0.39 is 12.0 Å². The van der Waals surface area contributed by atoms with Gasteiger partial charge in [-0.25, -0.2) is 0 Å². The number of carbonyl (C=O) groups is 2. The number of hydrogen-bond donors (Lipinski definition) is 3. The third-order valence-electron chi connectivity index (χ3n) is 3.21. The molecule has 3 N–H and O–H groups in total. The van der Waals surface area contributed by atoms with E-state index in [0.29, 0.717) is 11.4 Å². The maximum Gasteiger partial charge on any atom is 0.321 e. The summed E-state index contributed by atoms with van der Waals surface area (Å²) in [7, 11) is 0. The van der Waals surface area contributed by atoms with Gasteiger partial charge in [0.05, 0.1) is 19.2 Å². The van der Waals surface area contributed by atoms with Crippen molar-refractivity contribution in [3.63, 3.8) is 0 Å². The minimum absolute atomic E-state index is 0.162. The number of aliphatic carboxylic acids is 1. The van der Waals surface area contributed by atoms with Crippen molar-refractivity contribution in [1.29, 1.82) is 0 Å². The van der Waals surface area contributed by atoms with Crippen LogP contribution in [0.4, 0.5) is 5.69 Å². The Labute approximate surface area is 128 Å². The molecule has 1 aromatic carbocycles. The van der Waals surface area contributed by atoms with E-state index in [9.17, 15) is 14.7 Å². The topological polar surface area (TPSA) is 91.6 Å². The lowest BCUT2D eigenvalue weighted by Gasteiger charge is -2.14. The number of para-hydroxylation sites is 1. The van der Waals surface area contributed by atoms with Crippen LogP contribution in [0.2, 0.25) is 0 Å². The fourth-order valence-corrected chi connectivity index (χ4v) is 1.98. The zero-order valence-electron chi connectivity index (χ0n) is 12.2. The van der Waals surface area contributed by atoms with Crippen LogP contribution in [0.3, 0.4) is 0 Å². The number of amides is 1. The molecule has 0 saturated heterocycles. The monoisotopic (exact) mass is 302 g/mol. The second kappa shape index (κ2) is 7.42. The van der Waals surface area contributed by atoms with Crippen molar-refractivity contribution < 1.29 is 19.1 Å². The zero-order valence-corrected chi connectivity index (χ0v) is 12.2. The first-order chi connectivity index (χ1) is 10.6. The highest BCUT2D eigenvalue weighted by molar-refractivity contribution is 5.94. The summed E-state index contributed by atoms with van der Waals surface area (Å²) in [6.07, 6.45) is 1.35. The van der Waals surface area contributed by atoms with Crippen molar-refractivity contribution >= 4 is 17.6 Å². The molecule has 0 bridgehead atoms. The summed E-state index contributed by atoms with van der Waals surface area (Å²) in [5.41, 5.74) is 1.61. The normalized spacial score (nSPS) is 11.9. The Hall–Kier alpha value is -2.60. The fraction of sp³-hybridized carbons (Fsp3) is 0.250. The van der Waals surface area contributed by atoms with Gasteiger partial charge in [-0.15, -0.1) is 0 Å². The van der Waals surface area contributed by atoms with Gasteiger partial charge in [-0.05, 0) is 30.7 Å². The van der Waals surface area contributed by atoms with E-state index in [1.807, 2.05) is 25.1 Å². The van der Waals surface area contributed by atoms with Crippen molar-refractivity contribution in [1.82, 2.24) is 5.32 Å². The number of aryl methyl sites for hydroxylation is 1. The van der Waals surface area contributed by atoms with Crippen LogP contribution in [-0.2, 0) is 16.1 Å². The number of anilines is 1. The molecule has 0 radical (unpaired) electrons. The largest absolute Gasteiger partial charge is 0.480 e. The van der Waals surface area contributed by atoms with Crippen LogP contribution in [0.1, 0.15) is 17.7 Å². The Morgan fingerprint density at radius 2 is 2.00 bits per heavy atom. The fourth-order valence-electron chi connectivity index (χ4n) is 1.98. The van der Waals surface area contributed by atoms with Gasteiger partial charge in [-0.2, -0.15) is 0 Å². The van der Waals surface area contributed by atoms with E-state index >= 15 is 0 Å². The maximum atomic E-state index is 12.0. The summed E-state index contributed by atoms with van der Waals surface area (Å²) >= 11 is 0. The zero-order chi connectivity index (χ0) is 15.9. The lowest BCUT2D eigenvalue weighted by molar-refractivity contribution is -0.141. The molecule has 0 unspecified atom stereocenters. The molecular formula is C16H18N2O4. The number of benzene rings is 1. The Kier molecular flexibility index (Phi) is 5.32. The van der Waals surface area contributed by atoms with Crippen molar-refractivity contribution in [2.45, 2.75) is 25.9 Å². The second-order valence-corrected chi connectivity index (χ2v) is 4.92. The van der Waals surface area contributed by atoms with E-state index in [2.05, 4.69) is 10.6 Å². The number of carboxylic acids is 1. The molecule has 1 amide bonds. The Morgan fingerprint density at radius 3 is 2.64 bits per heavy atom. The van der Waals surface area contributed by atoms with Gasteiger partial charge in [-0.3, -0.25) is 14.9 Å². The molecule has 0 spiro atoms. The van der Waals surface area contributed by atoms with E-state index in [-0.39, 0.29) is 18.9 Å². The molecule has 1 aromatic heterocycles. The van der Waals surface area contributed by atoms with Crippen LogP contribution in [0.25, 0.3) is 0 Å². The minimum Gasteiger partial charge on any atom is -0.480 e. The third-order valence-corrected chi connectivity index (χ3v) is 3.21. The van der Waals surface area contributed by atoms with Crippen LogP contribution in [0, 0.1) is 6.92 Å². The number of rotatable bonds is 7. The standard InChI is InChI=1S/C16H18N2O4/c1-11-5-2-3-7-13(11)18-15(19)9-14(16(20)21)17-10-12-6-4-8-22-12/h2-8,14,17H,9-10H2,1H3,(H,18,19)(H,20,21)/t14-/m0/s1. The lowest BCUT2D eigenvalue weighted by atomic mass is 10.1. The molecule has 22 heavy (non-hydrogen) atoms. The predicted octanol–water partition coefficient (Wildman–Crippen LogP) is 2.16. The first kappa shape index (κ1) is 15.8. The molecule has 0 saturated carbocycles. The molecule has 2 aromatic rings. The van der Waals surface area contributed by atoms with E-state index in [1.54, 1.807) is 18.2 Å². The molecule has 0 aliphatic carbocycles. The summed E-state index contributed by atoms with van der Waals surface area (Å²) in [6.45, 7) is 2.13. The molecule has 6 nitrogen and oxygen atoms in total. The van der Waals surface area contributed by atoms with Gasteiger partial charge in [0, 0.05) is 5.69 Å². The minimum atomic E-state index is -1.08. The Bertz CT molecular complexity index is 637. The van der Waals surface area contributed by atoms with Crippen molar-refractivity contribution in [2.75, 3.05) is 5.32 Å². The van der Waals surface area contributed by atoms with Gasteiger partial charge >= 0.3 is 5.97 Å². The summed E-state index contributed by atoms with van der Waals surface area (Å²) in [5.74, 6) is -0.814. The average Bonchev–Trinajstić information content (AvgIpc) is 2.99. The summed E-state index contributed by atoms with van der Waals surface area (Å²) in [5, 5.41) is 14.7. The average molecular weight is 302 g/mol. The van der Waals surface area contributed by atoms with Gasteiger partial charge < -0.3 is 14.8 Å². The predicted molar refractivity (Wildman–Crippen MR) is 81.4 cm³/mol. The quantitative estimate of drug-likeness (QED) is 0.729. The molecular weight excluding hydrogens is 284 g/mol. The van der Waals surface area contributed by atoms with Gasteiger partial charge in [0.15, 0.2) is 0 Å². The maximum absolute atomic E-state index is 12.0. The number of nitrogens with one attached hydrogen (secondary N) is 2. The van der Waals surface area contributed by atoms with Crippen LogP contribution in [0.5, 0.6) is 0 Å². The number of furan rings is 1. The summed E-state index contributed by atoms with van der Waals surface area (Å²) < 4.78 is 5.12. The number of hydrogen-bond acceptors (Lipinski definition) is 4. The third kappa shape index (κ3) is 4.46. The molecule has 0 aliphatic heterocycles. The van der Waals surface area contributed by atoms with Gasteiger partial charge in [0.2, 0.25) is 5.91 Å². The highest BCUT2D eigenvalue weighted by Crippen LogP contribution is 2.13. The first-order valence-electron chi connectivity index (χ1n) is 6.90. The smallest absolute Gasteiger partial charge is 0.321 e. The summed E-state index contributed by atoms with van der Waals surface area (Å²) in [6, 6.07) is 9.81. The molecule has 0 fully saturated rings. The Morgan fingerprint density at radius 1 is 1.23 bits per heavy atom. The van der Waals surface area contributed by atoms with Crippen LogP contribution in [0.15, 0.2) is 47.1 Å². The van der Waals surface area contributed by atoms with E-state index in [1.165, 1.54) is 6.26 Å². The molecule has 0 aliphatic rings.